The second kappa shape index (κ2) is 18.3. The third-order valence-corrected chi connectivity index (χ3v) is 8.55. The number of nitrogens with zero attached hydrogens (tertiary/aromatic N) is 8. The molecule has 0 aliphatic heterocycles. The highest BCUT2D eigenvalue weighted by atomic mass is 15.2. The molecule has 0 spiro atoms. The third kappa shape index (κ3) is 11.0. The topological polar surface area (TPSA) is 65.2 Å². The molecule has 5 heterocycles. The maximum atomic E-state index is 4.64. The Hall–Kier alpha value is -5.57. The van der Waals surface area contributed by atoms with E-state index in [0.29, 0.717) is 0 Å². The number of aromatic nitrogens is 5. The van der Waals surface area contributed by atoms with Gasteiger partial charge in [0, 0.05) is 95.0 Å². The van der Waals surface area contributed by atoms with E-state index in [1.807, 2.05) is 60.7 Å². The van der Waals surface area contributed by atoms with E-state index in [1.54, 1.807) is 0 Å². The van der Waals surface area contributed by atoms with E-state index in [4.69, 9.17) is 0 Å². The molecule has 0 saturated carbocycles. The number of anilines is 1. The number of hydrogen-bond acceptors (Lipinski definition) is 7. The molecule has 0 unspecified atom stereocenters. The second-order valence-electron chi connectivity index (χ2n) is 12.4. The van der Waals surface area contributed by atoms with Crippen LogP contribution in [0.5, 0.6) is 0 Å². The molecular formula is C42H45N8+. The molecule has 0 amide bonds. The normalized spacial score (nSPS) is 11.4. The molecule has 6 rings (SSSR count). The van der Waals surface area contributed by atoms with Gasteiger partial charge in [0.15, 0.2) is 12.4 Å². The van der Waals surface area contributed by atoms with Crippen molar-refractivity contribution in [3.05, 3.63) is 180 Å². The minimum absolute atomic E-state index is 0.748. The van der Waals surface area contributed by atoms with E-state index in [-0.39, 0.29) is 0 Å². The highest BCUT2D eigenvalue weighted by Gasteiger charge is 2.16. The van der Waals surface area contributed by atoms with Gasteiger partial charge in [0.2, 0.25) is 0 Å². The van der Waals surface area contributed by atoms with Crippen molar-refractivity contribution in [3.63, 3.8) is 0 Å². The second-order valence-corrected chi connectivity index (χ2v) is 12.4. The SMILES string of the molecule is C[n+]1ccc(/C=C/c2ccc(N(CCN(Cc3ccccn3)Cc3ccccn3)CCN(Cc3ccccn3)Cc3ccccn3)cc2)cc1. The van der Waals surface area contributed by atoms with E-state index >= 15 is 0 Å². The Morgan fingerprint density at radius 1 is 0.460 bits per heavy atom. The lowest BCUT2D eigenvalue weighted by Crippen LogP contribution is -2.39. The number of hydrogen-bond donors (Lipinski definition) is 0. The van der Waals surface area contributed by atoms with Crippen LogP contribution in [0.15, 0.2) is 146 Å². The van der Waals surface area contributed by atoms with E-state index in [1.165, 1.54) is 16.8 Å². The van der Waals surface area contributed by atoms with Crippen LogP contribution in [0.4, 0.5) is 5.69 Å². The highest BCUT2D eigenvalue weighted by Crippen LogP contribution is 2.19. The van der Waals surface area contributed by atoms with Gasteiger partial charge in [-0.05, 0) is 71.8 Å². The minimum Gasteiger partial charge on any atom is -0.369 e. The van der Waals surface area contributed by atoms with E-state index in [2.05, 4.69) is 144 Å². The first-order valence-corrected chi connectivity index (χ1v) is 17.2. The summed E-state index contributed by atoms with van der Waals surface area (Å²) in [6, 6.07) is 37.6. The lowest BCUT2D eigenvalue weighted by molar-refractivity contribution is -0.671. The number of benzene rings is 1. The zero-order chi connectivity index (χ0) is 34.2. The molecule has 6 aromatic rings. The van der Waals surface area contributed by atoms with Gasteiger partial charge in [0.1, 0.15) is 7.05 Å². The summed E-state index contributed by atoms with van der Waals surface area (Å²) in [7, 11) is 2.03. The molecule has 8 heteroatoms. The van der Waals surface area contributed by atoms with Crippen molar-refractivity contribution in [2.75, 3.05) is 31.1 Å². The molecule has 0 N–H and O–H groups in total. The van der Waals surface area contributed by atoms with Crippen LogP contribution in [0, 0.1) is 0 Å². The third-order valence-electron chi connectivity index (χ3n) is 8.55. The van der Waals surface area contributed by atoms with E-state index in [9.17, 15) is 0 Å². The minimum atomic E-state index is 0.748. The first-order chi connectivity index (χ1) is 24.7. The maximum absolute atomic E-state index is 4.64. The van der Waals surface area contributed by atoms with Crippen LogP contribution in [0.25, 0.3) is 12.2 Å². The smallest absolute Gasteiger partial charge is 0.169 e. The summed E-state index contributed by atoms with van der Waals surface area (Å²) < 4.78 is 2.04. The van der Waals surface area contributed by atoms with Crippen LogP contribution in [-0.4, -0.2) is 55.9 Å². The van der Waals surface area contributed by atoms with Crippen molar-refractivity contribution >= 4 is 17.8 Å². The summed E-state index contributed by atoms with van der Waals surface area (Å²) in [5.74, 6) is 0. The monoisotopic (exact) mass is 661 g/mol. The van der Waals surface area contributed by atoms with Crippen molar-refractivity contribution < 1.29 is 4.57 Å². The van der Waals surface area contributed by atoms with Gasteiger partial charge < -0.3 is 4.90 Å². The van der Waals surface area contributed by atoms with Gasteiger partial charge in [-0.3, -0.25) is 29.7 Å². The summed E-state index contributed by atoms with van der Waals surface area (Å²) in [6.45, 7) is 6.38. The van der Waals surface area contributed by atoms with Crippen molar-refractivity contribution in [1.29, 1.82) is 0 Å². The van der Waals surface area contributed by atoms with Crippen molar-refractivity contribution in [2.45, 2.75) is 26.2 Å². The van der Waals surface area contributed by atoms with Gasteiger partial charge in [-0.2, -0.15) is 0 Å². The van der Waals surface area contributed by atoms with Crippen LogP contribution in [0.1, 0.15) is 33.9 Å². The van der Waals surface area contributed by atoms with Crippen molar-refractivity contribution in [1.82, 2.24) is 29.7 Å². The van der Waals surface area contributed by atoms with Crippen LogP contribution in [0.3, 0.4) is 0 Å². The largest absolute Gasteiger partial charge is 0.369 e. The zero-order valence-electron chi connectivity index (χ0n) is 28.7. The molecule has 0 atom stereocenters. The van der Waals surface area contributed by atoms with Crippen LogP contribution in [-0.2, 0) is 33.2 Å². The molecule has 0 aliphatic rings. The average Bonchev–Trinajstić information content (AvgIpc) is 3.16. The van der Waals surface area contributed by atoms with Crippen LogP contribution >= 0.6 is 0 Å². The van der Waals surface area contributed by atoms with E-state index in [0.717, 1.165) is 75.1 Å². The lowest BCUT2D eigenvalue weighted by atomic mass is 10.1. The summed E-state index contributed by atoms with van der Waals surface area (Å²) in [5, 5.41) is 0. The van der Waals surface area contributed by atoms with Crippen LogP contribution in [0.2, 0.25) is 0 Å². The lowest BCUT2D eigenvalue weighted by Gasteiger charge is -2.31. The Bertz CT molecular complexity index is 1680. The fraction of sp³-hybridized carbons (Fsp3) is 0.214. The highest BCUT2D eigenvalue weighted by molar-refractivity contribution is 5.70. The molecular weight excluding hydrogens is 617 g/mol. The van der Waals surface area contributed by atoms with E-state index < -0.39 is 0 Å². The number of rotatable bonds is 17. The molecule has 0 radical (unpaired) electrons. The van der Waals surface area contributed by atoms with Gasteiger partial charge in [-0.1, -0.05) is 48.6 Å². The first-order valence-electron chi connectivity index (χ1n) is 17.2. The molecule has 8 nitrogen and oxygen atoms in total. The number of aryl methyl sites for hydroxylation is 1. The Labute approximate surface area is 296 Å². The Balaban J connectivity index is 1.22. The van der Waals surface area contributed by atoms with Gasteiger partial charge in [0.05, 0.1) is 22.8 Å². The van der Waals surface area contributed by atoms with Crippen molar-refractivity contribution in [3.8, 4) is 0 Å². The average molecular weight is 662 g/mol. The quantitative estimate of drug-likeness (QED) is 0.104. The zero-order valence-corrected chi connectivity index (χ0v) is 28.7. The molecule has 5 aromatic heterocycles. The molecule has 1 aromatic carbocycles. The maximum Gasteiger partial charge on any atom is 0.169 e. The fourth-order valence-electron chi connectivity index (χ4n) is 5.82. The van der Waals surface area contributed by atoms with Gasteiger partial charge in [-0.15, -0.1) is 0 Å². The molecule has 252 valence electrons. The van der Waals surface area contributed by atoms with Gasteiger partial charge in [-0.25, -0.2) is 4.57 Å². The molecule has 0 aliphatic carbocycles. The predicted octanol–water partition coefficient (Wildman–Crippen LogP) is 6.47. The van der Waals surface area contributed by atoms with Crippen molar-refractivity contribution in [2.24, 2.45) is 7.05 Å². The summed E-state index contributed by atoms with van der Waals surface area (Å²) in [6.07, 6.45) is 15.9. The molecule has 0 fully saturated rings. The standard InChI is InChI=1S/C42H45N8/c1-47-26-20-37(21-27-47)15-14-36-16-18-42(19-17-36)50(30-28-48(32-38-10-2-6-22-43-38)33-39-11-3-7-23-44-39)31-29-49(34-40-12-4-8-24-45-40)35-41-13-5-9-25-46-41/h2-27H,28-35H2,1H3/q+1. The molecule has 50 heavy (non-hydrogen) atoms. The number of pyridine rings is 5. The molecule has 0 saturated heterocycles. The van der Waals surface area contributed by atoms with Gasteiger partial charge in [0.25, 0.3) is 0 Å². The van der Waals surface area contributed by atoms with Crippen LogP contribution < -0.4 is 9.47 Å². The Morgan fingerprint density at radius 2 is 0.840 bits per heavy atom. The predicted molar refractivity (Wildman–Crippen MR) is 200 cm³/mol. The summed E-state index contributed by atoms with van der Waals surface area (Å²) in [4.78, 5) is 25.9. The molecule has 0 bridgehead atoms. The summed E-state index contributed by atoms with van der Waals surface area (Å²) in [5.41, 5.74) is 7.74. The Kier molecular flexibility index (Phi) is 12.5. The van der Waals surface area contributed by atoms with Gasteiger partial charge >= 0.3 is 0 Å². The fourth-order valence-corrected chi connectivity index (χ4v) is 5.82. The first kappa shape index (κ1) is 34.3. The Morgan fingerprint density at radius 3 is 1.20 bits per heavy atom. The summed E-state index contributed by atoms with van der Waals surface area (Å²) >= 11 is 0.